The van der Waals surface area contributed by atoms with Crippen molar-refractivity contribution < 1.29 is 4.84 Å². The SMILES string of the molecule is C=C1CC2CC(=NOC(C)(C)CN)CC[C@]2(C)[C@H]2CC[C@]3(C)CCC[C@H]3[C@H]12. The topological polar surface area (TPSA) is 47.6 Å². The van der Waals surface area contributed by atoms with Crippen LogP contribution in [-0.4, -0.2) is 17.9 Å². The van der Waals surface area contributed by atoms with E-state index in [0.717, 1.165) is 30.6 Å². The summed E-state index contributed by atoms with van der Waals surface area (Å²) in [5, 5.41) is 4.55. The molecule has 6 atom stereocenters. The number of oxime groups is 1. The van der Waals surface area contributed by atoms with Gasteiger partial charge in [0.05, 0.1) is 5.71 Å². The molecule has 4 aliphatic rings. The van der Waals surface area contributed by atoms with Gasteiger partial charge in [-0.3, -0.25) is 0 Å². The molecular formula is C24H40N2O. The third-order valence-electron chi connectivity index (χ3n) is 9.16. The molecule has 0 aromatic heterocycles. The van der Waals surface area contributed by atoms with Gasteiger partial charge in [-0.15, -0.1) is 0 Å². The molecule has 4 aliphatic carbocycles. The maximum Gasteiger partial charge on any atom is 0.144 e. The number of fused-ring (bicyclic) bond motifs is 5. The zero-order chi connectivity index (χ0) is 19.4. The number of rotatable bonds is 3. The largest absolute Gasteiger partial charge is 0.389 e. The molecule has 4 saturated carbocycles. The van der Waals surface area contributed by atoms with Gasteiger partial charge in [-0.2, -0.15) is 0 Å². The van der Waals surface area contributed by atoms with Crippen LogP contribution in [0.4, 0.5) is 0 Å². The summed E-state index contributed by atoms with van der Waals surface area (Å²) in [6, 6.07) is 0. The van der Waals surface area contributed by atoms with Gasteiger partial charge in [0.25, 0.3) is 0 Å². The highest BCUT2D eigenvalue weighted by Crippen LogP contribution is 2.67. The lowest BCUT2D eigenvalue weighted by molar-refractivity contribution is -0.0659. The van der Waals surface area contributed by atoms with Crippen LogP contribution in [0, 0.1) is 34.5 Å². The van der Waals surface area contributed by atoms with Crippen molar-refractivity contribution in [2.75, 3.05) is 6.54 Å². The average molecular weight is 373 g/mol. The van der Waals surface area contributed by atoms with Crippen LogP contribution >= 0.6 is 0 Å². The molecule has 0 radical (unpaired) electrons. The van der Waals surface area contributed by atoms with Crippen LogP contribution in [0.25, 0.3) is 0 Å². The van der Waals surface area contributed by atoms with E-state index in [0.29, 0.717) is 23.3 Å². The van der Waals surface area contributed by atoms with Crippen molar-refractivity contribution in [1.29, 1.82) is 0 Å². The second kappa shape index (κ2) is 6.61. The first-order chi connectivity index (χ1) is 12.7. The van der Waals surface area contributed by atoms with E-state index in [1.165, 1.54) is 50.7 Å². The van der Waals surface area contributed by atoms with E-state index in [9.17, 15) is 0 Å². The van der Waals surface area contributed by atoms with Gasteiger partial charge in [0.2, 0.25) is 0 Å². The third kappa shape index (κ3) is 3.18. The quantitative estimate of drug-likeness (QED) is 0.510. The molecule has 0 aromatic carbocycles. The Morgan fingerprint density at radius 2 is 1.93 bits per heavy atom. The molecule has 1 unspecified atom stereocenters. The highest BCUT2D eigenvalue weighted by molar-refractivity contribution is 5.85. The van der Waals surface area contributed by atoms with Crippen molar-refractivity contribution in [3.8, 4) is 0 Å². The van der Waals surface area contributed by atoms with E-state index in [4.69, 9.17) is 10.6 Å². The second-order valence-electron chi connectivity index (χ2n) is 11.3. The summed E-state index contributed by atoms with van der Waals surface area (Å²) in [5.41, 5.74) is 9.27. The van der Waals surface area contributed by atoms with Crippen molar-refractivity contribution in [2.45, 2.75) is 91.1 Å². The first-order valence-corrected chi connectivity index (χ1v) is 11.3. The Kier molecular flexibility index (Phi) is 4.77. The first-order valence-electron chi connectivity index (χ1n) is 11.3. The Bertz CT molecular complexity index is 638. The maximum absolute atomic E-state index is 5.79. The molecule has 0 bridgehead atoms. The molecular weight excluding hydrogens is 332 g/mol. The van der Waals surface area contributed by atoms with Crippen LogP contribution in [-0.2, 0) is 4.84 Å². The molecule has 0 saturated heterocycles. The first kappa shape index (κ1) is 19.5. The number of hydrogen-bond donors (Lipinski definition) is 1. The fraction of sp³-hybridized carbons (Fsp3) is 0.875. The summed E-state index contributed by atoms with van der Waals surface area (Å²) in [4.78, 5) is 5.77. The average Bonchev–Trinajstić information content (AvgIpc) is 3.02. The van der Waals surface area contributed by atoms with Gasteiger partial charge in [0.1, 0.15) is 5.60 Å². The van der Waals surface area contributed by atoms with Gasteiger partial charge in [0.15, 0.2) is 0 Å². The fourth-order valence-corrected chi connectivity index (χ4v) is 7.23. The van der Waals surface area contributed by atoms with E-state index in [-0.39, 0.29) is 5.60 Å². The van der Waals surface area contributed by atoms with Crippen molar-refractivity contribution >= 4 is 5.71 Å². The Morgan fingerprint density at radius 1 is 1.15 bits per heavy atom. The van der Waals surface area contributed by atoms with Crippen LogP contribution < -0.4 is 5.73 Å². The molecule has 3 nitrogen and oxygen atoms in total. The Hall–Kier alpha value is -0.830. The van der Waals surface area contributed by atoms with Crippen molar-refractivity contribution in [2.24, 2.45) is 45.4 Å². The molecule has 4 fully saturated rings. The second-order valence-corrected chi connectivity index (χ2v) is 11.3. The standard InChI is InChI=1S/C24H40N2O/c1-16-13-17-14-18(26-27-22(2,3)15-25)8-12-24(17,5)20-9-11-23(4)10-6-7-19(23)21(16)20/h17,19-21H,1,6-15,25H2,2-5H3/t17?,19-,20-,21-,23-,24-/m0/s1. The van der Waals surface area contributed by atoms with E-state index in [2.05, 4.69) is 25.6 Å². The third-order valence-corrected chi connectivity index (χ3v) is 9.16. The molecule has 152 valence electrons. The van der Waals surface area contributed by atoms with Crippen molar-refractivity contribution in [3.05, 3.63) is 12.2 Å². The van der Waals surface area contributed by atoms with Gasteiger partial charge in [-0.05, 0) is 99.7 Å². The summed E-state index contributed by atoms with van der Waals surface area (Å²) >= 11 is 0. The minimum Gasteiger partial charge on any atom is -0.389 e. The lowest BCUT2D eigenvalue weighted by Crippen LogP contribution is -2.53. The maximum atomic E-state index is 5.79. The lowest BCUT2D eigenvalue weighted by atomic mass is 9.44. The fourth-order valence-electron chi connectivity index (χ4n) is 7.23. The molecule has 0 amide bonds. The lowest BCUT2D eigenvalue weighted by Gasteiger charge is -2.60. The molecule has 2 N–H and O–H groups in total. The molecule has 27 heavy (non-hydrogen) atoms. The smallest absolute Gasteiger partial charge is 0.144 e. The number of nitrogens with two attached hydrogens (primary N) is 1. The predicted octanol–water partition coefficient (Wildman–Crippen LogP) is 5.70. The van der Waals surface area contributed by atoms with Gasteiger partial charge in [-0.1, -0.05) is 37.6 Å². The van der Waals surface area contributed by atoms with Crippen LogP contribution in [0.5, 0.6) is 0 Å². The highest BCUT2D eigenvalue weighted by atomic mass is 16.6. The highest BCUT2D eigenvalue weighted by Gasteiger charge is 2.58. The Morgan fingerprint density at radius 3 is 2.67 bits per heavy atom. The summed E-state index contributed by atoms with van der Waals surface area (Å²) in [7, 11) is 0. The minimum atomic E-state index is -0.370. The Balaban J connectivity index is 1.54. The van der Waals surface area contributed by atoms with Gasteiger partial charge in [0, 0.05) is 6.54 Å². The molecule has 4 rings (SSSR count). The van der Waals surface area contributed by atoms with E-state index in [1.807, 2.05) is 13.8 Å². The van der Waals surface area contributed by atoms with Gasteiger partial charge >= 0.3 is 0 Å². The summed E-state index contributed by atoms with van der Waals surface area (Å²) in [5.74, 6) is 3.20. The van der Waals surface area contributed by atoms with Crippen LogP contribution in [0.2, 0.25) is 0 Å². The van der Waals surface area contributed by atoms with E-state index in [1.54, 1.807) is 5.57 Å². The van der Waals surface area contributed by atoms with Gasteiger partial charge in [-0.25, -0.2) is 0 Å². The molecule has 3 heteroatoms. The molecule has 0 spiro atoms. The molecule has 0 heterocycles. The molecule has 0 aromatic rings. The summed E-state index contributed by atoms with van der Waals surface area (Å²) < 4.78 is 0. The molecule has 0 aliphatic heterocycles. The van der Waals surface area contributed by atoms with Crippen LogP contribution in [0.1, 0.15) is 85.5 Å². The summed E-state index contributed by atoms with van der Waals surface area (Å²) in [6.07, 6.45) is 11.8. The minimum absolute atomic E-state index is 0.370. The predicted molar refractivity (Wildman–Crippen MR) is 113 cm³/mol. The van der Waals surface area contributed by atoms with Crippen molar-refractivity contribution in [1.82, 2.24) is 0 Å². The normalized spacial score (nSPS) is 46.0. The van der Waals surface area contributed by atoms with Crippen LogP contribution in [0.15, 0.2) is 17.3 Å². The summed E-state index contributed by atoms with van der Waals surface area (Å²) in [6.45, 7) is 14.3. The van der Waals surface area contributed by atoms with E-state index >= 15 is 0 Å². The number of hydrogen-bond acceptors (Lipinski definition) is 3. The van der Waals surface area contributed by atoms with E-state index < -0.39 is 0 Å². The zero-order valence-electron chi connectivity index (χ0n) is 18.0. The zero-order valence-corrected chi connectivity index (χ0v) is 18.0. The van der Waals surface area contributed by atoms with Gasteiger partial charge < -0.3 is 10.6 Å². The Labute approximate surface area is 166 Å². The van der Waals surface area contributed by atoms with Crippen molar-refractivity contribution in [3.63, 3.8) is 0 Å². The number of allylic oxidation sites excluding steroid dienone is 1. The van der Waals surface area contributed by atoms with Crippen LogP contribution in [0.3, 0.4) is 0 Å². The monoisotopic (exact) mass is 372 g/mol. The number of nitrogens with zero attached hydrogens (tertiary/aromatic N) is 1.